The number of rotatable bonds is 3. The molecule has 88 valence electrons. The van der Waals surface area contributed by atoms with Gasteiger partial charge >= 0.3 is 0 Å². The van der Waals surface area contributed by atoms with Crippen LogP contribution in [0, 0.1) is 5.82 Å². The van der Waals surface area contributed by atoms with Gasteiger partial charge in [0.05, 0.1) is 16.8 Å². The third-order valence-electron chi connectivity index (χ3n) is 2.46. The quantitative estimate of drug-likeness (QED) is 0.912. The van der Waals surface area contributed by atoms with Gasteiger partial charge in [-0.15, -0.1) is 0 Å². The smallest absolute Gasteiger partial charge is 0.145 e. The summed E-state index contributed by atoms with van der Waals surface area (Å²) < 4.78 is 13.7. The second-order valence-electron chi connectivity index (χ2n) is 3.66. The average molecular weight is 252 g/mol. The molecule has 0 aliphatic heterocycles. The summed E-state index contributed by atoms with van der Waals surface area (Å²) in [5, 5.41) is 0.109. The van der Waals surface area contributed by atoms with E-state index in [1.807, 2.05) is 0 Å². The summed E-state index contributed by atoms with van der Waals surface area (Å²) in [5.41, 5.74) is 7.12. The van der Waals surface area contributed by atoms with Crippen molar-refractivity contribution in [3.05, 3.63) is 58.9 Å². The summed E-state index contributed by atoms with van der Waals surface area (Å²) in [6.45, 7) is 0. The number of nitrogens with two attached hydrogens (primary N) is 1. The van der Waals surface area contributed by atoms with Gasteiger partial charge in [-0.1, -0.05) is 23.7 Å². The number of nitrogens with zero attached hydrogens (tertiary/aromatic N) is 2. The molecule has 3 nitrogen and oxygen atoms in total. The number of halogens is 2. The van der Waals surface area contributed by atoms with Crippen molar-refractivity contribution in [2.24, 2.45) is 5.73 Å². The molecule has 2 aromatic rings. The van der Waals surface area contributed by atoms with Crippen LogP contribution in [-0.4, -0.2) is 9.97 Å². The molecular weight excluding hydrogens is 241 g/mol. The van der Waals surface area contributed by atoms with Crippen LogP contribution in [0.25, 0.3) is 0 Å². The van der Waals surface area contributed by atoms with Crippen molar-refractivity contribution < 1.29 is 4.39 Å². The van der Waals surface area contributed by atoms with Crippen LogP contribution >= 0.6 is 11.6 Å². The molecule has 5 heteroatoms. The third kappa shape index (κ3) is 2.78. The zero-order valence-electron chi connectivity index (χ0n) is 8.98. The first-order chi connectivity index (χ1) is 8.18. The summed E-state index contributed by atoms with van der Waals surface area (Å²) in [5.74, 6) is -0.418. The van der Waals surface area contributed by atoms with Crippen molar-refractivity contribution in [1.29, 1.82) is 0 Å². The van der Waals surface area contributed by atoms with E-state index in [0.717, 1.165) is 0 Å². The maximum atomic E-state index is 13.7. The van der Waals surface area contributed by atoms with Gasteiger partial charge in [0.25, 0.3) is 0 Å². The molecule has 0 amide bonds. The first-order valence-electron chi connectivity index (χ1n) is 5.13. The Bertz CT molecular complexity index is 504. The minimum Gasteiger partial charge on any atom is -0.322 e. The Hall–Kier alpha value is -1.52. The molecule has 1 aromatic heterocycles. The number of aromatic nitrogens is 2. The Kier molecular flexibility index (Phi) is 3.66. The molecule has 0 spiro atoms. The fourth-order valence-electron chi connectivity index (χ4n) is 1.57. The van der Waals surface area contributed by atoms with Crippen LogP contribution in [-0.2, 0) is 6.42 Å². The van der Waals surface area contributed by atoms with Crippen molar-refractivity contribution in [1.82, 2.24) is 9.97 Å². The van der Waals surface area contributed by atoms with E-state index >= 15 is 0 Å². The van der Waals surface area contributed by atoms with E-state index in [2.05, 4.69) is 9.97 Å². The molecule has 1 heterocycles. The highest BCUT2D eigenvalue weighted by Crippen LogP contribution is 2.21. The Morgan fingerprint density at radius 3 is 2.88 bits per heavy atom. The normalized spacial score (nSPS) is 12.4. The number of benzene rings is 1. The molecule has 1 unspecified atom stereocenters. The summed E-state index contributed by atoms with van der Waals surface area (Å²) in [6.07, 6.45) is 3.38. The van der Waals surface area contributed by atoms with Crippen molar-refractivity contribution in [3.63, 3.8) is 0 Å². The van der Waals surface area contributed by atoms with Crippen LogP contribution < -0.4 is 5.73 Å². The number of hydrogen-bond acceptors (Lipinski definition) is 3. The second-order valence-corrected chi connectivity index (χ2v) is 4.07. The molecule has 0 aliphatic carbocycles. The lowest BCUT2D eigenvalue weighted by molar-refractivity contribution is 0.590. The summed E-state index contributed by atoms with van der Waals surface area (Å²) in [6, 6.07) is 6.23. The van der Waals surface area contributed by atoms with Crippen molar-refractivity contribution in [2.75, 3.05) is 0 Å². The summed E-state index contributed by atoms with van der Waals surface area (Å²) in [7, 11) is 0. The van der Waals surface area contributed by atoms with E-state index in [0.29, 0.717) is 17.7 Å². The molecule has 0 saturated carbocycles. The van der Waals surface area contributed by atoms with E-state index in [1.165, 1.54) is 12.4 Å². The van der Waals surface area contributed by atoms with Gasteiger partial charge in [-0.25, -0.2) is 14.4 Å². The zero-order chi connectivity index (χ0) is 12.3. The van der Waals surface area contributed by atoms with Crippen LogP contribution in [0.4, 0.5) is 4.39 Å². The molecule has 1 atom stereocenters. The highest BCUT2D eigenvalue weighted by Gasteiger charge is 2.12. The lowest BCUT2D eigenvalue weighted by Crippen LogP contribution is -2.15. The lowest BCUT2D eigenvalue weighted by Gasteiger charge is -2.11. The van der Waals surface area contributed by atoms with Crippen molar-refractivity contribution in [3.8, 4) is 0 Å². The van der Waals surface area contributed by atoms with E-state index in [9.17, 15) is 4.39 Å². The minimum atomic E-state index is -0.418. The van der Waals surface area contributed by atoms with E-state index in [4.69, 9.17) is 17.3 Å². The van der Waals surface area contributed by atoms with Gasteiger partial charge in [-0.05, 0) is 24.1 Å². The fraction of sp³-hybridized carbons (Fsp3) is 0.167. The van der Waals surface area contributed by atoms with Crippen molar-refractivity contribution >= 4 is 11.6 Å². The zero-order valence-corrected chi connectivity index (χ0v) is 9.73. The Morgan fingerprint density at radius 1 is 1.35 bits per heavy atom. The summed E-state index contributed by atoms with van der Waals surface area (Å²) in [4.78, 5) is 7.84. The topological polar surface area (TPSA) is 51.8 Å². The van der Waals surface area contributed by atoms with Gasteiger partial charge in [0, 0.05) is 6.20 Å². The van der Waals surface area contributed by atoms with Crippen LogP contribution in [0.15, 0.2) is 36.8 Å². The SMILES string of the molecule is NC(Cc1cccc(Cl)c1F)c1ccncn1. The Morgan fingerprint density at radius 2 is 2.18 bits per heavy atom. The van der Waals surface area contributed by atoms with Crippen LogP contribution in [0.3, 0.4) is 0 Å². The van der Waals surface area contributed by atoms with Crippen LogP contribution in [0.2, 0.25) is 5.02 Å². The van der Waals surface area contributed by atoms with Gasteiger partial charge in [0.2, 0.25) is 0 Å². The highest BCUT2D eigenvalue weighted by atomic mass is 35.5. The predicted octanol–water partition coefficient (Wildman–Crippen LogP) is 2.51. The molecule has 0 saturated heterocycles. The van der Waals surface area contributed by atoms with E-state index in [-0.39, 0.29) is 11.1 Å². The molecule has 0 fully saturated rings. The number of hydrogen-bond donors (Lipinski definition) is 1. The Balaban J connectivity index is 2.19. The minimum absolute atomic E-state index is 0.109. The third-order valence-corrected chi connectivity index (χ3v) is 2.75. The second kappa shape index (κ2) is 5.21. The monoisotopic (exact) mass is 251 g/mol. The standard InChI is InChI=1S/C12H11ClFN3/c13-9-3-1-2-8(12(9)14)6-10(15)11-4-5-16-7-17-11/h1-5,7,10H,6,15H2. The fourth-order valence-corrected chi connectivity index (χ4v) is 1.76. The maximum Gasteiger partial charge on any atom is 0.145 e. The molecule has 0 radical (unpaired) electrons. The van der Waals surface area contributed by atoms with Gasteiger partial charge in [0.15, 0.2) is 0 Å². The van der Waals surface area contributed by atoms with Crippen molar-refractivity contribution in [2.45, 2.75) is 12.5 Å². The molecular formula is C12H11ClFN3. The molecule has 0 aliphatic rings. The Labute approximate surface area is 103 Å². The predicted molar refractivity (Wildman–Crippen MR) is 64.1 cm³/mol. The van der Waals surface area contributed by atoms with E-state index in [1.54, 1.807) is 24.4 Å². The molecule has 17 heavy (non-hydrogen) atoms. The first-order valence-corrected chi connectivity index (χ1v) is 5.50. The highest BCUT2D eigenvalue weighted by molar-refractivity contribution is 6.30. The summed E-state index contributed by atoms with van der Waals surface area (Å²) >= 11 is 5.70. The molecule has 0 bridgehead atoms. The lowest BCUT2D eigenvalue weighted by atomic mass is 10.0. The average Bonchev–Trinajstić information content (AvgIpc) is 2.36. The maximum absolute atomic E-state index is 13.7. The van der Waals surface area contributed by atoms with Gasteiger partial charge in [-0.3, -0.25) is 0 Å². The van der Waals surface area contributed by atoms with Gasteiger partial charge < -0.3 is 5.73 Å². The van der Waals surface area contributed by atoms with Crippen LogP contribution in [0.1, 0.15) is 17.3 Å². The van der Waals surface area contributed by atoms with Gasteiger partial charge in [0.1, 0.15) is 12.1 Å². The van der Waals surface area contributed by atoms with Crippen LogP contribution in [0.5, 0.6) is 0 Å². The molecule has 2 rings (SSSR count). The largest absolute Gasteiger partial charge is 0.322 e. The van der Waals surface area contributed by atoms with E-state index < -0.39 is 5.82 Å². The first kappa shape index (κ1) is 12.0. The molecule has 2 N–H and O–H groups in total. The van der Waals surface area contributed by atoms with Gasteiger partial charge in [-0.2, -0.15) is 0 Å². The molecule has 1 aromatic carbocycles.